The first-order chi connectivity index (χ1) is 13.6. The van der Waals surface area contributed by atoms with Crippen LogP contribution in [0.15, 0.2) is 82.5 Å². The summed E-state index contributed by atoms with van der Waals surface area (Å²) in [6, 6.07) is 21.7. The molecule has 0 fully saturated rings. The number of hydrogen-bond acceptors (Lipinski definition) is 3. The number of cyclic esters (lactones) is 1. The van der Waals surface area contributed by atoms with Crippen molar-refractivity contribution in [2.24, 2.45) is 0 Å². The van der Waals surface area contributed by atoms with Gasteiger partial charge in [-0.2, -0.15) is 0 Å². The molecule has 1 unspecified atom stereocenters. The Balaban J connectivity index is 1.64. The summed E-state index contributed by atoms with van der Waals surface area (Å²) in [4.78, 5) is 27.3. The van der Waals surface area contributed by atoms with Gasteiger partial charge in [-0.05, 0) is 34.5 Å². The second-order valence-electron chi connectivity index (χ2n) is 7.01. The molecule has 5 rings (SSSR count). The van der Waals surface area contributed by atoms with Crippen LogP contribution >= 0.6 is 15.9 Å². The number of carbonyl (C=O) groups excluding carboxylic acids is 2. The minimum atomic E-state index is -0.333. The average molecular weight is 434 g/mol. The minimum Gasteiger partial charge on any atom is -0.456 e. The molecular weight excluding hydrogens is 418 g/mol. The number of amides is 1. The monoisotopic (exact) mass is 433 g/mol. The molecule has 28 heavy (non-hydrogen) atoms. The van der Waals surface area contributed by atoms with Gasteiger partial charge in [0, 0.05) is 22.5 Å². The van der Waals surface area contributed by atoms with Crippen molar-refractivity contribution >= 4 is 44.3 Å². The summed E-state index contributed by atoms with van der Waals surface area (Å²) >= 11 is 3.45. The van der Waals surface area contributed by atoms with Gasteiger partial charge in [0.15, 0.2) is 0 Å². The predicted octanol–water partition coefficient (Wildman–Crippen LogP) is 4.93. The third-order valence-electron chi connectivity index (χ3n) is 5.36. The first kappa shape index (κ1) is 17.2. The maximum atomic E-state index is 13.1. The van der Waals surface area contributed by atoms with Crippen molar-refractivity contribution < 1.29 is 14.3 Å². The molecule has 1 amide bonds. The standard InChI is InChI=1S/C23H16BrNO3/c24-17-6-3-7-18(11-17)25-20-13-28-23(27)22(20)19(12-21(25)26)16-9-8-14-4-1-2-5-15(14)10-16/h1-11,19H,12-13H2. The molecule has 0 N–H and O–H groups in total. The third-order valence-corrected chi connectivity index (χ3v) is 5.85. The van der Waals surface area contributed by atoms with Crippen molar-refractivity contribution in [3.63, 3.8) is 0 Å². The smallest absolute Gasteiger partial charge is 0.336 e. The van der Waals surface area contributed by atoms with Crippen LogP contribution in [0, 0.1) is 0 Å². The summed E-state index contributed by atoms with van der Waals surface area (Å²) < 4.78 is 6.23. The SMILES string of the molecule is O=C1OCC2=C1C(c1ccc3ccccc3c1)CC(=O)N2c1cccc(Br)c1. The van der Waals surface area contributed by atoms with Gasteiger partial charge in [0.05, 0.1) is 11.3 Å². The molecule has 0 saturated carbocycles. The van der Waals surface area contributed by atoms with E-state index in [4.69, 9.17) is 4.74 Å². The van der Waals surface area contributed by atoms with Crippen LogP contribution in [0.1, 0.15) is 17.9 Å². The van der Waals surface area contributed by atoms with E-state index in [1.165, 1.54) is 0 Å². The van der Waals surface area contributed by atoms with Gasteiger partial charge in [-0.3, -0.25) is 9.69 Å². The fourth-order valence-corrected chi connectivity index (χ4v) is 4.47. The van der Waals surface area contributed by atoms with Gasteiger partial charge in [-0.15, -0.1) is 0 Å². The fraction of sp³-hybridized carbons (Fsp3) is 0.130. The van der Waals surface area contributed by atoms with E-state index in [2.05, 4.69) is 28.1 Å². The number of nitrogens with zero attached hydrogens (tertiary/aromatic N) is 1. The Bertz CT molecular complexity index is 1170. The van der Waals surface area contributed by atoms with E-state index in [1.807, 2.05) is 54.6 Å². The van der Waals surface area contributed by atoms with Crippen molar-refractivity contribution in [3.8, 4) is 0 Å². The van der Waals surface area contributed by atoms with Crippen molar-refractivity contribution in [1.82, 2.24) is 0 Å². The van der Waals surface area contributed by atoms with Crippen LogP contribution in [0.25, 0.3) is 10.8 Å². The van der Waals surface area contributed by atoms with Crippen molar-refractivity contribution in [2.45, 2.75) is 12.3 Å². The first-order valence-corrected chi connectivity index (χ1v) is 9.88. The highest BCUT2D eigenvalue weighted by Gasteiger charge is 2.43. The lowest BCUT2D eigenvalue weighted by molar-refractivity contribution is -0.136. The van der Waals surface area contributed by atoms with E-state index in [1.54, 1.807) is 4.90 Å². The zero-order valence-corrected chi connectivity index (χ0v) is 16.5. The molecule has 3 aromatic carbocycles. The van der Waals surface area contributed by atoms with Crippen LogP contribution < -0.4 is 4.90 Å². The Morgan fingerprint density at radius 3 is 2.57 bits per heavy atom. The van der Waals surface area contributed by atoms with Gasteiger partial charge in [-0.25, -0.2) is 4.79 Å². The second-order valence-corrected chi connectivity index (χ2v) is 7.92. The Morgan fingerprint density at radius 1 is 0.929 bits per heavy atom. The number of halogens is 1. The molecule has 0 aliphatic carbocycles. The maximum absolute atomic E-state index is 13.1. The molecule has 5 heteroatoms. The zero-order chi connectivity index (χ0) is 19.3. The van der Waals surface area contributed by atoms with Gasteiger partial charge in [0.1, 0.15) is 6.61 Å². The lowest BCUT2D eigenvalue weighted by atomic mass is 9.83. The molecule has 0 bridgehead atoms. The molecule has 2 heterocycles. The summed E-state index contributed by atoms with van der Waals surface area (Å²) in [5.74, 6) is -0.653. The Morgan fingerprint density at radius 2 is 1.75 bits per heavy atom. The maximum Gasteiger partial charge on any atom is 0.336 e. The molecule has 2 aliphatic heterocycles. The quantitative estimate of drug-likeness (QED) is 0.538. The molecule has 138 valence electrons. The third kappa shape index (κ3) is 2.74. The molecule has 0 radical (unpaired) electrons. The molecule has 0 aromatic heterocycles. The molecule has 1 atom stereocenters. The predicted molar refractivity (Wildman–Crippen MR) is 111 cm³/mol. The van der Waals surface area contributed by atoms with E-state index in [0.717, 1.165) is 26.5 Å². The van der Waals surface area contributed by atoms with Crippen LogP contribution in [0.3, 0.4) is 0 Å². The molecular formula is C23H16BrNO3. The van der Waals surface area contributed by atoms with Crippen LogP contribution in [0.4, 0.5) is 5.69 Å². The number of benzene rings is 3. The highest BCUT2D eigenvalue weighted by Crippen LogP contribution is 2.42. The Kier molecular flexibility index (Phi) is 4.05. The van der Waals surface area contributed by atoms with Crippen molar-refractivity contribution in [3.05, 3.63) is 88.0 Å². The summed E-state index contributed by atoms with van der Waals surface area (Å²) in [6.07, 6.45) is 0.235. The van der Waals surface area contributed by atoms with Gasteiger partial charge in [-0.1, -0.05) is 64.5 Å². The van der Waals surface area contributed by atoms with Gasteiger partial charge in [0.2, 0.25) is 5.91 Å². The Labute approximate surface area is 170 Å². The number of hydrogen-bond donors (Lipinski definition) is 0. The number of fused-ring (bicyclic) bond motifs is 1. The second kappa shape index (κ2) is 6.60. The summed E-state index contributed by atoms with van der Waals surface area (Å²) in [5, 5.41) is 2.22. The van der Waals surface area contributed by atoms with Crippen LogP contribution in [-0.4, -0.2) is 18.5 Å². The number of rotatable bonds is 2. The van der Waals surface area contributed by atoms with Gasteiger partial charge < -0.3 is 4.74 Å². The largest absolute Gasteiger partial charge is 0.456 e. The van der Waals surface area contributed by atoms with Crippen LogP contribution in [0.2, 0.25) is 0 Å². The zero-order valence-electron chi connectivity index (χ0n) is 14.9. The molecule has 2 aliphatic rings. The minimum absolute atomic E-state index is 0.0340. The Hall–Kier alpha value is -2.92. The van der Waals surface area contributed by atoms with Crippen molar-refractivity contribution in [2.75, 3.05) is 11.5 Å². The van der Waals surface area contributed by atoms with E-state index >= 15 is 0 Å². The number of carbonyl (C=O) groups is 2. The lowest BCUT2D eigenvalue weighted by Crippen LogP contribution is -2.37. The molecule has 4 nitrogen and oxygen atoms in total. The van der Waals surface area contributed by atoms with Crippen LogP contribution in [-0.2, 0) is 14.3 Å². The van der Waals surface area contributed by atoms with E-state index < -0.39 is 0 Å². The van der Waals surface area contributed by atoms with Crippen molar-refractivity contribution in [1.29, 1.82) is 0 Å². The summed E-state index contributed by atoms with van der Waals surface area (Å²) in [5.41, 5.74) is 2.95. The average Bonchev–Trinajstić information content (AvgIpc) is 3.08. The summed E-state index contributed by atoms with van der Waals surface area (Å²) in [6.45, 7) is 0.122. The molecule has 0 spiro atoms. The fourth-order valence-electron chi connectivity index (χ4n) is 4.08. The van der Waals surface area contributed by atoms with Crippen LogP contribution in [0.5, 0.6) is 0 Å². The van der Waals surface area contributed by atoms with E-state index in [9.17, 15) is 9.59 Å². The lowest BCUT2D eigenvalue weighted by Gasteiger charge is -2.32. The topological polar surface area (TPSA) is 46.6 Å². The number of anilines is 1. The highest BCUT2D eigenvalue weighted by molar-refractivity contribution is 9.10. The normalized spacial score (nSPS) is 19.2. The van der Waals surface area contributed by atoms with E-state index in [0.29, 0.717) is 11.3 Å². The van der Waals surface area contributed by atoms with E-state index in [-0.39, 0.29) is 30.8 Å². The summed E-state index contributed by atoms with van der Waals surface area (Å²) in [7, 11) is 0. The number of ether oxygens (including phenoxy) is 1. The first-order valence-electron chi connectivity index (χ1n) is 9.09. The molecule has 0 saturated heterocycles. The highest BCUT2D eigenvalue weighted by atomic mass is 79.9. The molecule has 3 aromatic rings. The van der Waals surface area contributed by atoms with Gasteiger partial charge in [0.25, 0.3) is 0 Å². The number of esters is 1. The van der Waals surface area contributed by atoms with Gasteiger partial charge >= 0.3 is 5.97 Å².